The molecule has 1 saturated heterocycles. The summed E-state index contributed by atoms with van der Waals surface area (Å²) in [5.41, 5.74) is 2.51. The molecule has 2 N–H and O–H groups in total. The van der Waals surface area contributed by atoms with Crippen LogP contribution in [0.15, 0.2) is 42.9 Å². The van der Waals surface area contributed by atoms with Crippen molar-refractivity contribution < 1.29 is 9.59 Å². The highest BCUT2D eigenvalue weighted by Crippen LogP contribution is 2.36. The Morgan fingerprint density at radius 2 is 1.94 bits per heavy atom. The van der Waals surface area contributed by atoms with Crippen molar-refractivity contribution in [2.24, 2.45) is 11.8 Å². The van der Waals surface area contributed by atoms with Crippen molar-refractivity contribution in [2.75, 3.05) is 7.05 Å². The van der Waals surface area contributed by atoms with Gasteiger partial charge in [-0.1, -0.05) is 49.6 Å². The predicted molar refractivity (Wildman–Crippen MR) is 122 cm³/mol. The summed E-state index contributed by atoms with van der Waals surface area (Å²) < 4.78 is 0. The molecule has 6 heteroatoms. The zero-order valence-electron chi connectivity index (χ0n) is 18.8. The number of imidazole rings is 1. The fraction of sp³-hybridized carbons (Fsp3) is 0.560. The van der Waals surface area contributed by atoms with Gasteiger partial charge in [0.25, 0.3) is 0 Å². The molecule has 4 rings (SSSR count). The molecule has 168 valence electrons. The lowest BCUT2D eigenvalue weighted by molar-refractivity contribution is -0.129. The highest BCUT2D eigenvalue weighted by molar-refractivity contribution is 5.78. The first-order chi connectivity index (χ1) is 15.0. The van der Waals surface area contributed by atoms with Crippen LogP contribution in [0.2, 0.25) is 0 Å². The van der Waals surface area contributed by atoms with Crippen LogP contribution >= 0.6 is 0 Å². The molecule has 0 bridgehead atoms. The van der Waals surface area contributed by atoms with Gasteiger partial charge in [0.15, 0.2) is 0 Å². The summed E-state index contributed by atoms with van der Waals surface area (Å²) in [6.45, 7) is 2.24. The fourth-order valence-corrected chi connectivity index (χ4v) is 4.93. The minimum Gasteiger partial charge on any atom is -0.359 e. The zero-order valence-corrected chi connectivity index (χ0v) is 18.8. The molecule has 1 saturated carbocycles. The van der Waals surface area contributed by atoms with E-state index in [1.807, 2.05) is 12.3 Å². The molecule has 1 unspecified atom stereocenters. The molecule has 31 heavy (non-hydrogen) atoms. The van der Waals surface area contributed by atoms with Crippen molar-refractivity contribution in [3.8, 4) is 0 Å². The number of likely N-dealkylation sites (tertiary alicyclic amines) is 1. The monoisotopic (exact) mass is 424 g/mol. The molecule has 2 aromatic rings. The summed E-state index contributed by atoms with van der Waals surface area (Å²) in [5.74, 6) is 1.85. The van der Waals surface area contributed by atoms with Crippen LogP contribution in [-0.4, -0.2) is 39.8 Å². The molecule has 1 aromatic heterocycles. The number of hydrogen-bond acceptors (Lipinski definition) is 3. The van der Waals surface area contributed by atoms with Crippen LogP contribution in [0, 0.1) is 11.8 Å². The summed E-state index contributed by atoms with van der Waals surface area (Å²) in [7, 11) is 1.60. The highest BCUT2D eigenvalue weighted by atomic mass is 16.2. The van der Waals surface area contributed by atoms with E-state index in [1.165, 1.54) is 50.3 Å². The molecule has 0 radical (unpaired) electrons. The number of aromatic amines is 1. The molecule has 6 nitrogen and oxygen atoms in total. The molecule has 3 atom stereocenters. The van der Waals surface area contributed by atoms with E-state index < -0.39 is 0 Å². The van der Waals surface area contributed by atoms with E-state index in [2.05, 4.69) is 44.5 Å². The molecule has 1 aromatic carbocycles. The molecular formula is C25H36N4O2. The van der Waals surface area contributed by atoms with Crippen LogP contribution < -0.4 is 5.32 Å². The normalized spacial score (nSPS) is 23.2. The predicted octanol–water partition coefficient (Wildman–Crippen LogP) is 4.09. The Morgan fingerprint density at radius 3 is 2.61 bits per heavy atom. The molecular weight excluding hydrogens is 388 g/mol. The number of nitrogens with zero attached hydrogens (tertiary/aromatic N) is 2. The van der Waals surface area contributed by atoms with Gasteiger partial charge in [-0.15, -0.1) is 0 Å². The van der Waals surface area contributed by atoms with Crippen molar-refractivity contribution >= 4 is 11.8 Å². The summed E-state index contributed by atoms with van der Waals surface area (Å²) >= 11 is 0. The van der Waals surface area contributed by atoms with Gasteiger partial charge in [-0.3, -0.25) is 9.59 Å². The van der Waals surface area contributed by atoms with Crippen LogP contribution in [0.5, 0.6) is 0 Å². The minimum absolute atomic E-state index is 0.00463. The minimum atomic E-state index is 0.00463. The number of benzene rings is 1. The van der Waals surface area contributed by atoms with E-state index in [4.69, 9.17) is 0 Å². The topological polar surface area (TPSA) is 78.1 Å². The molecule has 1 aliphatic heterocycles. The van der Waals surface area contributed by atoms with Crippen molar-refractivity contribution in [3.63, 3.8) is 0 Å². The average molecular weight is 425 g/mol. The summed E-state index contributed by atoms with van der Waals surface area (Å²) in [4.78, 5) is 31.7. The standard InChI is InChI=1S/C22H29N3O.C3H7NO/c26-22-10-9-21(25(22)15-17-5-2-1-3-6-17)13-19-8-4-7-18(11-19)12-20-14-23-16-24-20;1-3(5)4-2/h1-3,5-6,14,16,18-19,21H,4,7-13,15H2,(H,23,24);1-2H3,(H,4,5)/t18?,19-,21-;/m0./s1. The first-order valence-electron chi connectivity index (χ1n) is 11.5. The summed E-state index contributed by atoms with van der Waals surface area (Å²) in [6, 6.07) is 10.8. The van der Waals surface area contributed by atoms with Gasteiger partial charge in [-0.05, 0) is 43.1 Å². The van der Waals surface area contributed by atoms with Gasteiger partial charge in [-0.25, -0.2) is 4.98 Å². The lowest BCUT2D eigenvalue weighted by atomic mass is 9.76. The lowest BCUT2D eigenvalue weighted by Gasteiger charge is -2.33. The number of carbonyl (C=O) groups is 2. The average Bonchev–Trinajstić information content (AvgIpc) is 3.40. The number of H-pyrrole nitrogens is 1. The van der Waals surface area contributed by atoms with E-state index in [1.54, 1.807) is 13.4 Å². The second-order valence-electron chi connectivity index (χ2n) is 8.92. The van der Waals surface area contributed by atoms with Gasteiger partial charge < -0.3 is 15.2 Å². The van der Waals surface area contributed by atoms with Crippen molar-refractivity contribution in [1.82, 2.24) is 20.2 Å². The Hall–Kier alpha value is -2.63. The zero-order chi connectivity index (χ0) is 22.1. The third kappa shape index (κ3) is 7.23. The Kier molecular flexibility index (Phi) is 8.68. The number of hydrogen-bond donors (Lipinski definition) is 2. The number of amides is 2. The number of rotatable bonds is 6. The Labute approximate surface area is 185 Å². The first kappa shape index (κ1) is 23.0. The van der Waals surface area contributed by atoms with Crippen LogP contribution in [0.25, 0.3) is 0 Å². The number of carbonyl (C=O) groups excluding carboxylic acids is 2. The van der Waals surface area contributed by atoms with Gasteiger partial charge in [0.1, 0.15) is 0 Å². The first-order valence-corrected chi connectivity index (χ1v) is 11.5. The SMILES string of the molecule is CNC(C)=O.O=C1CC[C@@H](C[C@H]2CCCC(Cc3cnc[nH]3)C2)N1Cc1ccccc1. The molecule has 1 aliphatic carbocycles. The number of aromatic nitrogens is 2. The molecule has 2 amide bonds. The van der Waals surface area contributed by atoms with E-state index in [0.717, 1.165) is 37.6 Å². The highest BCUT2D eigenvalue weighted by Gasteiger charge is 2.34. The van der Waals surface area contributed by atoms with Crippen LogP contribution in [-0.2, 0) is 22.6 Å². The fourth-order valence-electron chi connectivity index (χ4n) is 4.93. The van der Waals surface area contributed by atoms with E-state index in [9.17, 15) is 9.59 Å². The van der Waals surface area contributed by atoms with E-state index >= 15 is 0 Å². The van der Waals surface area contributed by atoms with Crippen LogP contribution in [0.1, 0.15) is 63.1 Å². The maximum Gasteiger partial charge on any atom is 0.223 e. The Bertz CT molecular complexity index is 806. The molecule has 0 spiro atoms. The van der Waals surface area contributed by atoms with Crippen molar-refractivity contribution in [2.45, 2.75) is 70.9 Å². The van der Waals surface area contributed by atoms with Gasteiger partial charge in [0, 0.05) is 44.9 Å². The molecule has 2 aliphatic rings. The second kappa shape index (κ2) is 11.7. The third-order valence-electron chi connectivity index (χ3n) is 6.56. The summed E-state index contributed by atoms with van der Waals surface area (Å²) in [6.07, 6.45) is 13.1. The van der Waals surface area contributed by atoms with Gasteiger partial charge in [0.2, 0.25) is 11.8 Å². The van der Waals surface area contributed by atoms with E-state index in [0.29, 0.717) is 11.9 Å². The Balaban J connectivity index is 0.000000491. The van der Waals surface area contributed by atoms with Gasteiger partial charge in [0.05, 0.1) is 6.33 Å². The Morgan fingerprint density at radius 1 is 1.19 bits per heavy atom. The quantitative estimate of drug-likeness (QED) is 0.733. The summed E-state index contributed by atoms with van der Waals surface area (Å²) in [5, 5.41) is 2.39. The largest absolute Gasteiger partial charge is 0.359 e. The molecule has 2 heterocycles. The van der Waals surface area contributed by atoms with Crippen LogP contribution in [0.3, 0.4) is 0 Å². The van der Waals surface area contributed by atoms with Crippen molar-refractivity contribution in [3.05, 3.63) is 54.1 Å². The smallest absolute Gasteiger partial charge is 0.223 e. The lowest BCUT2D eigenvalue weighted by Crippen LogP contribution is -2.34. The maximum atomic E-state index is 12.4. The van der Waals surface area contributed by atoms with E-state index in [-0.39, 0.29) is 5.91 Å². The van der Waals surface area contributed by atoms with Gasteiger partial charge in [-0.2, -0.15) is 0 Å². The van der Waals surface area contributed by atoms with Crippen LogP contribution in [0.4, 0.5) is 0 Å². The maximum absolute atomic E-state index is 12.4. The van der Waals surface area contributed by atoms with Crippen molar-refractivity contribution in [1.29, 1.82) is 0 Å². The molecule has 2 fully saturated rings. The number of nitrogens with one attached hydrogen (secondary N) is 2. The van der Waals surface area contributed by atoms with Gasteiger partial charge >= 0.3 is 0 Å². The third-order valence-corrected chi connectivity index (χ3v) is 6.56. The second-order valence-corrected chi connectivity index (χ2v) is 8.92.